The number of aromatic nitrogens is 1. The quantitative estimate of drug-likeness (QED) is 0.874. The van der Waals surface area contributed by atoms with Gasteiger partial charge in [-0.15, -0.1) is 0 Å². The van der Waals surface area contributed by atoms with Crippen molar-refractivity contribution in [3.05, 3.63) is 24.0 Å². The molecule has 0 spiro atoms. The third-order valence-corrected chi connectivity index (χ3v) is 2.73. The molecule has 2 atom stereocenters. The maximum atomic E-state index is 6.17. The fourth-order valence-electron chi connectivity index (χ4n) is 1.88. The van der Waals surface area contributed by atoms with Gasteiger partial charge in [-0.3, -0.25) is 4.98 Å². The first-order chi connectivity index (χ1) is 8.66. The van der Waals surface area contributed by atoms with Crippen molar-refractivity contribution in [3.8, 4) is 5.75 Å². The molecule has 0 aliphatic carbocycles. The van der Waals surface area contributed by atoms with Crippen LogP contribution in [0.15, 0.2) is 18.5 Å². The Labute approximate surface area is 107 Å². The van der Waals surface area contributed by atoms with E-state index >= 15 is 0 Å². The van der Waals surface area contributed by atoms with Crippen molar-refractivity contribution in [1.82, 2.24) is 4.98 Å². The van der Waals surface area contributed by atoms with E-state index in [9.17, 15) is 0 Å². The lowest BCUT2D eigenvalue weighted by Crippen LogP contribution is -2.37. The highest BCUT2D eigenvalue weighted by Gasteiger charge is 2.23. The number of nitrogens with two attached hydrogens (primary N) is 1. The minimum atomic E-state index is -0.242. The second-order valence-corrected chi connectivity index (χ2v) is 4.63. The van der Waals surface area contributed by atoms with Crippen molar-refractivity contribution >= 4 is 0 Å². The lowest BCUT2D eigenvalue weighted by Gasteiger charge is -2.28. The Balaban J connectivity index is 2.06. The monoisotopic (exact) mass is 252 g/mol. The van der Waals surface area contributed by atoms with E-state index in [1.165, 1.54) is 0 Å². The Kier molecular flexibility index (Phi) is 4.52. The molecule has 1 aliphatic rings. The summed E-state index contributed by atoms with van der Waals surface area (Å²) in [5.41, 5.74) is 7.08. The van der Waals surface area contributed by atoms with Gasteiger partial charge in [-0.25, -0.2) is 0 Å². The first-order valence-corrected chi connectivity index (χ1v) is 6.23. The molecule has 18 heavy (non-hydrogen) atoms. The Morgan fingerprint density at radius 1 is 1.39 bits per heavy atom. The smallest absolute Gasteiger partial charge is 0.138 e. The molecule has 0 amide bonds. The zero-order valence-electron chi connectivity index (χ0n) is 10.8. The lowest BCUT2D eigenvalue weighted by atomic mass is 10.0. The Morgan fingerprint density at radius 3 is 2.89 bits per heavy atom. The van der Waals surface area contributed by atoms with E-state index in [0.717, 1.165) is 11.3 Å². The average Bonchev–Trinajstić information content (AvgIpc) is 2.38. The average molecular weight is 252 g/mol. The standard InChI is InChI=1S/C13H20N2O3/c1-9(2)18-11-5-10(6-15-7-11)13(14)12-8-16-3-4-17-12/h5-7,9,12-13H,3-4,8,14H2,1-2H3. The summed E-state index contributed by atoms with van der Waals surface area (Å²) in [5.74, 6) is 0.731. The molecule has 1 fully saturated rings. The number of pyridine rings is 1. The molecule has 2 N–H and O–H groups in total. The number of nitrogens with zero attached hydrogens (tertiary/aromatic N) is 1. The molecular formula is C13H20N2O3. The van der Waals surface area contributed by atoms with Crippen LogP contribution >= 0.6 is 0 Å². The van der Waals surface area contributed by atoms with Crippen LogP contribution in [0.4, 0.5) is 0 Å². The van der Waals surface area contributed by atoms with Gasteiger partial charge in [-0.1, -0.05) is 0 Å². The third-order valence-electron chi connectivity index (χ3n) is 2.73. The Bertz CT molecular complexity index is 378. The van der Waals surface area contributed by atoms with Gasteiger partial charge in [0, 0.05) is 6.20 Å². The SMILES string of the molecule is CC(C)Oc1cncc(C(N)C2COCCO2)c1. The van der Waals surface area contributed by atoms with E-state index in [1.54, 1.807) is 12.4 Å². The maximum absolute atomic E-state index is 6.17. The number of ether oxygens (including phenoxy) is 3. The van der Waals surface area contributed by atoms with Crippen LogP contribution in [0.2, 0.25) is 0 Å². The van der Waals surface area contributed by atoms with Crippen molar-refractivity contribution in [2.75, 3.05) is 19.8 Å². The van der Waals surface area contributed by atoms with Crippen LogP contribution in [0.3, 0.4) is 0 Å². The predicted molar refractivity (Wildman–Crippen MR) is 67.5 cm³/mol. The topological polar surface area (TPSA) is 66.6 Å². The number of rotatable bonds is 4. The molecule has 2 rings (SSSR count). The second kappa shape index (κ2) is 6.13. The molecule has 1 aliphatic heterocycles. The minimum Gasteiger partial charge on any atom is -0.489 e. The molecule has 5 heteroatoms. The van der Waals surface area contributed by atoms with Gasteiger partial charge in [0.1, 0.15) is 11.9 Å². The Hall–Kier alpha value is -1.17. The fraction of sp³-hybridized carbons (Fsp3) is 0.615. The maximum Gasteiger partial charge on any atom is 0.138 e. The van der Waals surface area contributed by atoms with Gasteiger partial charge in [0.25, 0.3) is 0 Å². The molecule has 2 heterocycles. The summed E-state index contributed by atoms with van der Waals surface area (Å²) >= 11 is 0. The number of hydrogen-bond donors (Lipinski definition) is 1. The van der Waals surface area contributed by atoms with Gasteiger partial charge in [0.15, 0.2) is 0 Å². The minimum absolute atomic E-state index is 0.116. The molecule has 0 saturated carbocycles. The summed E-state index contributed by atoms with van der Waals surface area (Å²) in [7, 11) is 0. The van der Waals surface area contributed by atoms with Crippen molar-refractivity contribution in [3.63, 3.8) is 0 Å². The highest BCUT2D eigenvalue weighted by Crippen LogP contribution is 2.22. The van der Waals surface area contributed by atoms with Gasteiger partial charge in [0.05, 0.1) is 38.2 Å². The van der Waals surface area contributed by atoms with Crippen LogP contribution in [-0.2, 0) is 9.47 Å². The van der Waals surface area contributed by atoms with Crippen LogP contribution in [0.5, 0.6) is 5.75 Å². The molecule has 2 unspecified atom stereocenters. The molecule has 5 nitrogen and oxygen atoms in total. The zero-order valence-corrected chi connectivity index (χ0v) is 10.8. The van der Waals surface area contributed by atoms with Crippen LogP contribution < -0.4 is 10.5 Å². The molecule has 0 radical (unpaired) electrons. The first kappa shape index (κ1) is 13.3. The summed E-state index contributed by atoms with van der Waals surface area (Å²) in [4.78, 5) is 4.15. The fourth-order valence-corrected chi connectivity index (χ4v) is 1.88. The largest absolute Gasteiger partial charge is 0.489 e. The predicted octanol–water partition coefficient (Wildman–Crippen LogP) is 1.28. The van der Waals surface area contributed by atoms with Crippen LogP contribution in [0.1, 0.15) is 25.5 Å². The first-order valence-electron chi connectivity index (χ1n) is 6.23. The van der Waals surface area contributed by atoms with E-state index < -0.39 is 0 Å². The molecule has 1 saturated heterocycles. The van der Waals surface area contributed by atoms with Crippen LogP contribution in [-0.4, -0.2) is 37.0 Å². The van der Waals surface area contributed by atoms with Gasteiger partial charge in [0.2, 0.25) is 0 Å². The van der Waals surface area contributed by atoms with Crippen LogP contribution in [0, 0.1) is 0 Å². The summed E-state index contributed by atoms with van der Waals surface area (Å²) < 4.78 is 16.6. The third kappa shape index (κ3) is 3.41. The molecule has 1 aromatic rings. The second-order valence-electron chi connectivity index (χ2n) is 4.63. The summed E-state index contributed by atoms with van der Waals surface area (Å²) in [6, 6.07) is 1.67. The molecule has 1 aromatic heterocycles. The number of hydrogen-bond acceptors (Lipinski definition) is 5. The van der Waals surface area contributed by atoms with Crippen molar-refractivity contribution in [1.29, 1.82) is 0 Å². The van der Waals surface area contributed by atoms with Gasteiger partial charge >= 0.3 is 0 Å². The van der Waals surface area contributed by atoms with E-state index in [4.69, 9.17) is 19.9 Å². The van der Waals surface area contributed by atoms with E-state index in [0.29, 0.717) is 19.8 Å². The van der Waals surface area contributed by atoms with Crippen molar-refractivity contribution in [2.24, 2.45) is 5.73 Å². The van der Waals surface area contributed by atoms with E-state index in [1.807, 2.05) is 19.9 Å². The molecular weight excluding hydrogens is 232 g/mol. The summed E-state index contributed by atoms with van der Waals surface area (Å²) in [5, 5.41) is 0. The normalized spacial score (nSPS) is 21.9. The summed E-state index contributed by atoms with van der Waals surface area (Å²) in [6.07, 6.45) is 3.44. The summed E-state index contributed by atoms with van der Waals surface area (Å²) in [6.45, 7) is 5.71. The lowest BCUT2D eigenvalue weighted by molar-refractivity contribution is -0.0976. The highest BCUT2D eigenvalue weighted by molar-refractivity contribution is 5.26. The molecule has 100 valence electrons. The van der Waals surface area contributed by atoms with Crippen LogP contribution in [0.25, 0.3) is 0 Å². The van der Waals surface area contributed by atoms with Gasteiger partial charge in [-0.05, 0) is 25.5 Å². The van der Waals surface area contributed by atoms with Crippen molar-refractivity contribution in [2.45, 2.75) is 32.1 Å². The Morgan fingerprint density at radius 2 is 2.22 bits per heavy atom. The molecule has 0 aromatic carbocycles. The van der Waals surface area contributed by atoms with Crippen molar-refractivity contribution < 1.29 is 14.2 Å². The van der Waals surface area contributed by atoms with Gasteiger partial charge < -0.3 is 19.9 Å². The van der Waals surface area contributed by atoms with Gasteiger partial charge in [-0.2, -0.15) is 0 Å². The molecule has 0 bridgehead atoms. The highest BCUT2D eigenvalue weighted by atomic mass is 16.6. The van der Waals surface area contributed by atoms with E-state index in [-0.39, 0.29) is 18.2 Å². The van der Waals surface area contributed by atoms with E-state index in [2.05, 4.69) is 4.98 Å². The zero-order chi connectivity index (χ0) is 13.0.